The molecule has 0 bridgehead atoms. The maximum absolute atomic E-state index is 5.52. The van der Waals surface area contributed by atoms with Gasteiger partial charge in [0.05, 0.1) is 33.4 Å². The molecule has 2 atom stereocenters. The zero-order valence-corrected chi connectivity index (χ0v) is 16.3. The summed E-state index contributed by atoms with van der Waals surface area (Å²) in [5, 5.41) is 3.46. The molecule has 1 heterocycles. The first-order valence-corrected chi connectivity index (χ1v) is 8.76. The van der Waals surface area contributed by atoms with Crippen LogP contribution >= 0.6 is 0 Å². The summed E-state index contributed by atoms with van der Waals surface area (Å²) in [5.41, 5.74) is 0.949. The van der Waals surface area contributed by atoms with E-state index in [1.165, 1.54) is 6.42 Å². The highest BCUT2D eigenvalue weighted by Crippen LogP contribution is 2.34. The number of hydrogen-bond donors (Lipinski definition) is 1. The molecule has 0 aromatic heterocycles. The minimum Gasteiger partial charge on any atom is -0.496 e. The summed E-state index contributed by atoms with van der Waals surface area (Å²) in [5.74, 6) is 4.44. The lowest BCUT2D eigenvalue weighted by atomic mass is 9.92. The highest BCUT2D eigenvalue weighted by molar-refractivity contribution is 5.80. The van der Waals surface area contributed by atoms with E-state index in [9.17, 15) is 0 Å². The van der Waals surface area contributed by atoms with Gasteiger partial charge < -0.3 is 24.4 Å². The van der Waals surface area contributed by atoms with Gasteiger partial charge in [0.2, 0.25) is 0 Å². The molecule has 25 heavy (non-hydrogen) atoms. The molecule has 6 heteroatoms. The Morgan fingerprint density at radius 2 is 1.64 bits per heavy atom. The van der Waals surface area contributed by atoms with Crippen molar-refractivity contribution < 1.29 is 14.2 Å². The van der Waals surface area contributed by atoms with Crippen molar-refractivity contribution in [3.63, 3.8) is 0 Å². The van der Waals surface area contributed by atoms with Gasteiger partial charge in [0.1, 0.15) is 17.2 Å². The Morgan fingerprint density at radius 1 is 1.08 bits per heavy atom. The van der Waals surface area contributed by atoms with Crippen LogP contribution in [0.15, 0.2) is 17.1 Å². The summed E-state index contributed by atoms with van der Waals surface area (Å²) in [6, 6.07) is 3.74. The number of rotatable bonds is 5. The molecule has 1 aliphatic heterocycles. The van der Waals surface area contributed by atoms with Crippen LogP contribution in [0.2, 0.25) is 0 Å². The molecule has 0 radical (unpaired) electrons. The third-order valence-corrected chi connectivity index (χ3v) is 4.62. The maximum atomic E-state index is 5.52. The number of hydrogen-bond acceptors (Lipinski definition) is 4. The Labute approximate surface area is 151 Å². The summed E-state index contributed by atoms with van der Waals surface area (Å²) in [6.07, 6.45) is 1.27. The van der Waals surface area contributed by atoms with Gasteiger partial charge in [-0.3, -0.25) is 4.99 Å². The number of nitrogens with one attached hydrogen (secondary N) is 1. The van der Waals surface area contributed by atoms with E-state index < -0.39 is 0 Å². The molecular weight excluding hydrogens is 318 g/mol. The van der Waals surface area contributed by atoms with Crippen LogP contribution in [0.1, 0.15) is 25.8 Å². The van der Waals surface area contributed by atoms with Gasteiger partial charge in [0.15, 0.2) is 5.96 Å². The number of methoxy groups -OCH3 is 3. The average molecular weight is 349 g/mol. The number of aliphatic imine (C=N–C) groups is 1. The van der Waals surface area contributed by atoms with Crippen molar-refractivity contribution in [2.75, 3.05) is 41.5 Å². The van der Waals surface area contributed by atoms with Crippen LogP contribution in [0.25, 0.3) is 0 Å². The van der Waals surface area contributed by atoms with Crippen molar-refractivity contribution in [2.24, 2.45) is 16.8 Å². The van der Waals surface area contributed by atoms with Gasteiger partial charge in [0, 0.05) is 32.3 Å². The standard InChI is InChI=1S/C19H31N3O3/c1-13-7-14(2)12-22(11-13)19(20-3)21-10-16-17(24-5)8-15(23-4)9-18(16)25-6/h8-9,13-14H,7,10-12H2,1-6H3,(H,20,21). The minimum absolute atomic E-state index is 0.572. The molecule has 140 valence electrons. The summed E-state index contributed by atoms with van der Waals surface area (Å²) in [6.45, 7) is 7.22. The van der Waals surface area contributed by atoms with Crippen LogP contribution in [0, 0.1) is 11.8 Å². The van der Waals surface area contributed by atoms with Gasteiger partial charge in [-0.05, 0) is 18.3 Å². The lowest BCUT2D eigenvalue weighted by Crippen LogP contribution is -2.48. The smallest absolute Gasteiger partial charge is 0.193 e. The van der Waals surface area contributed by atoms with Gasteiger partial charge in [0.25, 0.3) is 0 Å². The van der Waals surface area contributed by atoms with Gasteiger partial charge in [-0.15, -0.1) is 0 Å². The fourth-order valence-corrected chi connectivity index (χ4v) is 3.59. The van der Waals surface area contributed by atoms with Gasteiger partial charge in [-0.1, -0.05) is 13.8 Å². The van der Waals surface area contributed by atoms with Crippen LogP contribution in [0.3, 0.4) is 0 Å². The quantitative estimate of drug-likeness (QED) is 0.654. The normalized spacial score (nSPS) is 21.0. The molecule has 0 amide bonds. The molecule has 6 nitrogen and oxygen atoms in total. The van der Waals surface area contributed by atoms with E-state index >= 15 is 0 Å². The Morgan fingerprint density at radius 3 is 2.08 bits per heavy atom. The Balaban J connectivity index is 2.16. The number of nitrogens with zero attached hydrogens (tertiary/aromatic N) is 2. The third kappa shape index (κ3) is 4.71. The monoisotopic (exact) mass is 349 g/mol. The molecule has 0 saturated carbocycles. The minimum atomic E-state index is 0.572. The first kappa shape index (κ1) is 19.2. The van der Waals surface area contributed by atoms with E-state index in [1.54, 1.807) is 21.3 Å². The molecule has 1 N–H and O–H groups in total. The van der Waals surface area contributed by atoms with Crippen molar-refractivity contribution in [2.45, 2.75) is 26.8 Å². The van der Waals surface area contributed by atoms with E-state index in [0.717, 1.165) is 36.1 Å². The summed E-state index contributed by atoms with van der Waals surface area (Å²) < 4.78 is 16.4. The Bertz CT molecular complexity index is 569. The van der Waals surface area contributed by atoms with E-state index in [0.29, 0.717) is 24.1 Å². The number of ether oxygens (including phenoxy) is 3. The fourth-order valence-electron chi connectivity index (χ4n) is 3.59. The third-order valence-electron chi connectivity index (χ3n) is 4.62. The van der Waals surface area contributed by atoms with E-state index in [4.69, 9.17) is 14.2 Å². The topological polar surface area (TPSA) is 55.3 Å². The van der Waals surface area contributed by atoms with Crippen LogP contribution in [0.5, 0.6) is 17.2 Å². The molecule has 0 aliphatic carbocycles. The molecular formula is C19H31N3O3. The van der Waals surface area contributed by atoms with Crippen LogP contribution in [0.4, 0.5) is 0 Å². The second kappa shape index (κ2) is 8.83. The average Bonchev–Trinajstić information content (AvgIpc) is 2.60. The maximum Gasteiger partial charge on any atom is 0.193 e. The second-order valence-corrected chi connectivity index (χ2v) is 6.76. The first-order valence-electron chi connectivity index (χ1n) is 8.76. The van der Waals surface area contributed by atoms with Crippen LogP contribution in [-0.2, 0) is 6.54 Å². The first-order chi connectivity index (χ1) is 12.0. The molecule has 1 aromatic carbocycles. The van der Waals surface area contributed by atoms with Crippen molar-refractivity contribution >= 4 is 5.96 Å². The van der Waals surface area contributed by atoms with Crippen molar-refractivity contribution in [3.8, 4) is 17.2 Å². The number of piperidine rings is 1. The fraction of sp³-hybridized carbons (Fsp3) is 0.632. The molecule has 2 rings (SSSR count). The predicted octanol–water partition coefficient (Wildman–Crippen LogP) is 2.77. The summed E-state index contributed by atoms with van der Waals surface area (Å²) in [7, 11) is 6.77. The van der Waals surface area contributed by atoms with E-state index in [-0.39, 0.29) is 0 Å². The predicted molar refractivity (Wildman–Crippen MR) is 101 cm³/mol. The Hall–Kier alpha value is -2.11. The number of likely N-dealkylation sites (tertiary alicyclic amines) is 1. The molecule has 1 aromatic rings. The number of benzene rings is 1. The molecule has 1 aliphatic rings. The molecule has 0 spiro atoms. The number of guanidine groups is 1. The SMILES string of the molecule is CN=C(NCc1c(OC)cc(OC)cc1OC)N1CC(C)CC(C)C1. The zero-order chi connectivity index (χ0) is 18.4. The van der Waals surface area contributed by atoms with Crippen molar-refractivity contribution in [3.05, 3.63) is 17.7 Å². The lowest BCUT2D eigenvalue weighted by molar-refractivity contribution is 0.208. The zero-order valence-electron chi connectivity index (χ0n) is 16.3. The van der Waals surface area contributed by atoms with Gasteiger partial charge in [-0.25, -0.2) is 0 Å². The van der Waals surface area contributed by atoms with Gasteiger partial charge in [-0.2, -0.15) is 0 Å². The highest BCUT2D eigenvalue weighted by atomic mass is 16.5. The van der Waals surface area contributed by atoms with E-state index in [2.05, 4.69) is 29.1 Å². The van der Waals surface area contributed by atoms with E-state index in [1.807, 2.05) is 19.2 Å². The van der Waals surface area contributed by atoms with Crippen molar-refractivity contribution in [1.82, 2.24) is 10.2 Å². The second-order valence-electron chi connectivity index (χ2n) is 6.76. The summed E-state index contributed by atoms with van der Waals surface area (Å²) in [4.78, 5) is 6.80. The van der Waals surface area contributed by atoms with Crippen LogP contribution < -0.4 is 19.5 Å². The lowest BCUT2D eigenvalue weighted by Gasteiger charge is -2.37. The molecule has 1 saturated heterocycles. The molecule has 2 unspecified atom stereocenters. The summed E-state index contributed by atoms with van der Waals surface area (Å²) >= 11 is 0. The van der Waals surface area contributed by atoms with Gasteiger partial charge >= 0.3 is 0 Å². The molecule has 1 fully saturated rings. The Kier molecular flexibility index (Phi) is 6.79. The highest BCUT2D eigenvalue weighted by Gasteiger charge is 2.24. The van der Waals surface area contributed by atoms with Crippen molar-refractivity contribution in [1.29, 1.82) is 0 Å². The van der Waals surface area contributed by atoms with Crippen LogP contribution in [-0.4, -0.2) is 52.3 Å². The largest absolute Gasteiger partial charge is 0.496 e.